The maximum absolute atomic E-state index is 12.8. The van der Waals surface area contributed by atoms with Gasteiger partial charge >= 0.3 is 12.0 Å². The number of carbonyl (C=O) groups excluding carboxylic acids is 2. The lowest BCUT2D eigenvalue weighted by Crippen LogP contribution is -2.39. The molecule has 1 heterocycles. The van der Waals surface area contributed by atoms with Crippen LogP contribution in [0.2, 0.25) is 0 Å². The van der Waals surface area contributed by atoms with Crippen LogP contribution in [0.15, 0.2) is 23.6 Å². The van der Waals surface area contributed by atoms with Crippen LogP contribution in [0.5, 0.6) is 11.5 Å². The van der Waals surface area contributed by atoms with Crippen molar-refractivity contribution in [2.24, 2.45) is 0 Å². The molecule has 1 N–H and O–H groups in total. The molecule has 27 heavy (non-hydrogen) atoms. The molecule has 1 aromatic heterocycles. The zero-order chi connectivity index (χ0) is 20.0. The SMILES string of the molecule is COC(=O)c1csc(CN(C(=O)Nc2cc(OC)cc(OC)c2)C(C)C)n1. The molecule has 0 radical (unpaired) electrons. The summed E-state index contributed by atoms with van der Waals surface area (Å²) in [5.74, 6) is 0.647. The predicted octanol–water partition coefficient (Wildman–Crippen LogP) is 3.39. The highest BCUT2D eigenvalue weighted by Crippen LogP contribution is 2.26. The van der Waals surface area contributed by atoms with Crippen molar-refractivity contribution in [1.82, 2.24) is 9.88 Å². The maximum Gasteiger partial charge on any atom is 0.357 e. The number of nitrogens with zero attached hydrogens (tertiary/aromatic N) is 2. The third-order valence-electron chi connectivity index (χ3n) is 3.74. The normalized spacial score (nSPS) is 10.4. The second kappa shape index (κ2) is 9.22. The Hall–Kier alpha value is -2.81. The first-order valence-electron chi connectivity index (χ1n) is 8.21. The van der Waals surface area contributed by atoms with Crippen LogP contribution < -0.4 is 14.8 Å². The van der Waals surface area contributed by atoms with E-state index >= 15 is 0 Å². The first kappa shape index (κ1) is 20.5. The number of hydrogen-bond acceptors (Lipinski definition) is 7. The Kier molecular flexibility index (Phi) is 7.00. The molecule has 9 heteroatoms. The molecule has 1 aromatic carbocycles. The average molecular weight is 393 g/mol. The van der Waals surface area contributed by atoms with Gasteiger partial charge in [-0.3, -0.25) is 0 Å². The second-order valence-corrected chi connectivity index (χ2v) is 6.81. The smallest absolute Gasteiger partial charge is 0.357 e. The molecule has 0 atom stereocenters. The van der Waals surface area contributed by atoms with Gasteiger partial charge in [-0.2, -0.15) is 0 Å². The van der Waals surface area contributed by atoms with Crippen molar-refractivity contribution < 1.29 is 23.8 Å². The summed E-state index contributed by atoms with van der Waals surface area (Å²) in [5, 5.41) is 5.10. The number of rotatable bonds is 7. The molecule has 2 rings (SSSR count). The summed E-state index contributed by atoms with van der Waals surface area (Å²) in [6.45, 7) is 4.08. The number of esters is 1. The number of ether oxygens (including phenoxy) is 3. The van der Waals surface area contributed by atoms with Gasteiger partial charge in [0.15, 0.2) is 5.69 Å². The van der Waals surface area contributed by atoms with Crippen molar-refractivity contribution in [3.8, 4) is 11.5 Å². The fourth-order valence-electron chi connectivity index (χ4n) is 2.29. The topological polar surface area (TPSA) is 90.0 Å². The zero-order valence-electron chi connectivity index (χ0n) is 15.9. The lowest BCUT2D eigenvalue weighted by molar-refractivity contribution is 0.0594. The van der Waals surface area contributed by atoms with E-state index in [-0.39, 0.29) is 24.3 Å². The van der Waals surface area contributed by atoms with Crippen LogP contribution in [0, 0.1) is 0 Å². The van der Waals surface area contributed by atoms with Crippen LogP contribution in [0.3, 0.4) is 0 Å². The molecule has 0 unspecified atom stereocenters. The summed E-state index contributed by atoms with van der Waals surface area (Å²) in [4.78, 5) is 30.2. The highest BCUT2D eigenvalue weighted by molar-refractivity contribution is 7.09. The molecule has 2 amide bonds. The molecule has 0 aliphatic carbocycles. The number of benzene rings is 1. The summed E-state index contributed by atoms with van der Waals surface area (Å²) in [5.41, 5.74) is 0.787. The van der Waals surface area contributed by atoms with Crippen LogP contribution in [0.4, 0.5) is 10.5 Å². The van der Waals surface area contributed by atoms with E-state index in [0.717, 1.165) is 0 Å². The minimum absolute atomic E-state index is 0.0806. The summed E-state index contributed by atoms with van der Waals surface area (Å²) in [6.07, 6.45) is 0. The van der Waals surface area contributed by atoms with E-state index in [0.29, 0.717) is 22.2 Å². The van der Waals surface area contributed by atoms with Crippen molar-refractivity contribution in [3.63, 3.8) is 0 Å². The van der Waals surface area contributed by atoms with Gasteiger partial charge < -0.3 is 24.4 Å². The fraction of sp³-hybridized carbons (Fsp3) is 0.389. The third-order valence-corrected chi connectivity index (χ3v) is 4.57. The summed E-state index contributed by atoms with van der Waals surface area (Å²) < 4.78 is 15.1. The molecule has 0 bridgehead atoms. The average Bonchev–Trinajstić information content (AvgIpc) is 3.13. The van der Waals surface area contributed by atoms with E-state index in [9.17, 15) is 9.59 Å². The van der Waals surface area contributed by atoms with E-state index in [1.807, 2.05) is 13.8 Å². The lowest BCUT2D eigenvalue weighted by atomic mass is 10.2. The molecular weight excluding hydrogens is 370 g/mol. The maximum atomic E-state index is 12.8. The van der Waals surface area contributed by atoms with Gasteiger partial charge in [0.2, 0.25) is 0 Å². The minimum atomic E-state index is -0.499. The Morgan fingerprint density at radius 2 is 1.78 bits per heavy atom. The highest BCUT2D eigenvalue weighted by atomic mass is 32.1. The zero-order valence-corrected chi connectivity index (χ0v) is 16.8. The number of anilines is 1. The first-order chi connectivity index (χ1) is 12.9. The van der Waals surface area contributed by atoms with Gasteiger partial charge in [0.1, 0.15) is 16.5 Å². The minimum Gasteiger partial charge on any atom is -0.497 e. The van der Waals surface area contributed by atoms with Crippen LogP contribution in [0.25, 0.3) is 0 Å². The van der Waals surface area contributed by atoms with Gasteiger partial charge in [-0.1, -0.05) is 0 Å². The molecule has 8 nitrogen and oxygen atoms in total. The molecule has 2 aromatic rings. The molecule has 0 saturated carbocycles. The molecule has 0 aliphatic heterocycles. The molecule has 0 spiro atoms. The number of urea groups is 1. The van der Waals surface area contributed by atoms with E-state index < -0.39 is 5.97 Å². The summed E-state index contributed by atoms with van der Waals surface area (Å²) in [6, 6.07) is 4.76. The number of carbonyl (C=O) groups is 2. The van der Waals surface area contributed by atoms with Gasteiger partial charge in [0.25, 0.3) is 0 Å². The van der Waals surface area contributed by atoms with Gasteiger partial charge in [0, 0.05) is 35.3 Å². The third kappa shape index (κ3) is 5.33. The fourth-order valence-corrected chi connectivity index (χ4v) is 3.05. The molecule has 0 saturated heterocycles. The van der Waals surface area contributed by atoms with Gasteiger partial charge in [-0.15, -0.1) is 11.3 Å². The molecule has 0 fully saturated rings. The number of methoxy groups -OCH3 is 3. The van der Waals surface area contributed by atoms with Crippen LogP contribution in [-0.2, 0) is 11.3 Å². The Morgan fingerprint density at radius 1 is 1.15 bits per heavy atom. The Labute approximate surface area is 162 Å². The van der Waals surface area contributed by atoms with Crippen LogP contribution in [0.1, 0.15) is 29.3 Å². The van der Waals surface area contributed by atoms with Crippen molar-refractivity contribution in [2.45, 2.75) is 26.4 Å². The summed E-state index contributed by atoms with van der Waals surface area (Å²) in [7, 11) is 4.39. The van der Waals surface area contributed by atoms with Crippen molar-refractivity contribution in [3.05, 3.63) is 34.3 Å². The molecular formula is C18H23N3O5S. The second-order valence-electron chi connectivity index (χ2n) is 5.87. The predicted molar refractivity (Wildman–Crippen MR) is 103 cm³/mol. The number of amides is 2. The lowest BCUT2D eigenvalue weighted by Gasteiger charge is -2.26. The number of nitrogens with one attached hydrogen (secondary N) is 1. The van der Waals surface area contributed by atoms with Gasteiger partial charge in [-0.05, 0) is 13.8 Å². The monoisotopic (exact) mass is 393 g/mol. The Balaban J connectivity index is 2.15. The van der Waals surface area contributed by atoms with Crippen molar-refractivity contribution in [1.29, 1.82) is 0 Å². The Bertz CT molecular complexity index is 784. The molecule has 146 valence electrons. The van der Waals surface area contributed by atoms with Gasteiger partial charge in [0.05, 0.1) is 27.9 Å². The molecule has 0 aliphatic rings. The number of hydrogen-bond donors (Lipinski definition) is 1. The van der Waals surface area contributed by atoms with E-state index in [1.165, 1.54) is 18.4 Å². The van der Waals surface area contributed by atoms with Crippen LogP contribution in [-0.4, -0.2) is 49.3 Å². The van der Waals surface area contributed by atoms with E-state index in [4.69, 9.17) is 9.47 Å². The number of thiazole rings is 1. The van der Waals surface area contributed by atoms with Crippen LogP contribution >= 0.6 is 11.3 Å². The largest absolute Gasteiger partial charge is 0.497 e. The van der Waals surface area contributed by atoms with Gasteiger partial charge in [-0.25, -0.2) is 14.6 Å². The van der Waals surface area contributed by atoms with Crippen molar-refractivity contribution >= 4 is 29.0 Å². The Morgan fingerprint density at radius 3 is 2.30 bits per heavy atom. The number of aromatic nitrogens is 1. The van der Waals surface area contributed by atoms with Crippen molar-refractivity contribution in [2.75, 3.05) is 26.6 Å². The standard InChI is InChI=1S/C18H23N3O5S/c1-11(2)21(9-16-20-15(10-27-16)17(22)26-5)18(23)19-12-6-13(24-3)8-14(7-12)25-4/h6-8,10-11H,9H2,1-5H3,(H,19,23). The summed E-state index contributed by atoms with van der Waals surface area (Å²) >= 11 is 1.30. The first-order valence-corrected chi connectivity index (χ1v) is 9.09. The van der Waals surface area contributed by atoms with E-state index in [1.54, 1.807) is 42.7 Å². The quantitative estimate of drug-likeness (QED) is 0.725. The highest BCUT2D eigenvalue weighted by Gasteiger charge is 2.21. The van der Waals surface area contributed by atoms with E-state index in [2.05, 4.69) is 15.0 Å².